The second-order valence-corrected chi connectivity index (χ2v) is 10.3. The molecular formula is C25H32NO6P. The Labute approximate surface area is 195 Å². The van der Waals surface area contributed by atoms with Gasteiger partial charge in [0.1, 0.15) is 18.8 Å². The lowest BCUT2D eigenvalue weighted by Crippen LogP contribution is -2.45. The fourth-order valence-electron chi connectivity index (χ4n) is 3.96. The maximum Gasteiger partial charge on any atom is 0.329 e. The number of hydrogen-bond donors (Lipinski definition) is 1. The standard InChI is InChI=1S/C25H32NO6P/c1-20(32-33(29,30)18-9-8-13-21-11-4-2-5-12-21)24(27)26-17-10-16-23(26)25(28)31-19-22-14-6-3-7-15-22/h2-7,11-12,14-15,20,23H,8-10,13,16-19H2,1H3,(H,29,30)/t20-,23-/m0/s1. The lowest BCUT2D eigenvalue weighted by molar-refractivity contribution is -0.156. The highest BCUT2D eigenvalue weighted by Gasteiger charge is 2.39. The molecule has 3 atom stereocenters. The number of carbonyl (C=O) groups is 2. The Bertz CT molecular complexity index is 952. The van der Waals surface area contributed by atoms with E-state index < -0.39 is 31.6 Å². The Balaban J connectivity index is 1.45. The average Bonchev–Trinajstić information content (AvgIpc) is 3.31. The summed E-state index contributed by atoms with van der Waals surface area (Å²) >= 11 is 0. The first-order valence-corrected chi connectivity index (χ1v) is 13.2. The Morgan fingerprint density at radius 2 is 1.70 bits per heavy atom. The van der Waals surface area contributed by atoms with Crippen molar-refractivity contribution in [2.75, 3.05) is 12.7 Å². The van der Waals surface area contributed by atoms with Gasteiger partial charge in [0, 0.05) is 6.54 Å². The van der Waals surface area contributed by atoms with Crippen molar-refractivity contribution >= 4 is 19.5 Å². The van der Waals surface area contributed by atoms with Crippen molar-refractivity contribution in [2.45, 2.75) is 57.8 Å². The number of hydrogen-bond acceptors (Lipinski definition) is 5. The molecule has 8 heteroatoms. The van der Waals surface area contributed by atoms with Gasteiger partial charge in [-0.15, -0.1) is 0 Å². The zero-order chi connectivity index (χ0) is 23.7. The molecule has 0 spiro atoms. The van der Waals surface area contributed by atoms with E-state index in [9.17, 15) is 19.0 Å². The first-order chi connectivity index (χ1) is 15.9. The fraction of sp³-hybridized carbons (Fsp3) is 0.440. The summed E-state index contributed by atoms with van der Waals surface area (Å²) in [5, 5.41) is 0. The number of aryl methyl sites for hydroxylation is 1. The van der Waals surface area contributed by atoms with Crippen LogP contribution in [0.3, 0.4) is 0 Å². The molecule has 1 aliphatic rings. The van der Waals surface area contributed by atoms with Gasteiger partial charge in [0.15, 0.2) is 0 Å². The largest absolute Gasteiger partial charge is 0.459 e. The van der Waals surface area contributed by atoms with Crippen molar-refractivity contribution in [3.8, 4) is 0 Å². The van der Waals surface area contributed by atoms with Crippen LogP contribution in [0.25, 0.3) is 0 Å². The summed E-state index contributed by atoms with van der Waals surface area (Å²) in [5.74, 6) is -0.933. The lowest BCUT2D eigenvalue weighted by Gasteiger charge is -2.27. The summed E-state index contributed by atoms with van der Waals surface area (Å²) in [6, 6.07) is 18.6. The molecule has 2 aromatic rings. The van der Waals surface area contributed by atoms with Crippen LogP contribution < -0.4 is 0 Å². The number of rotatable bonds is 11. The molecule has 3 rings (SSSR count). The van der Waals surface area contributed by atoms with Crippen LogP contribution in [0.5, 0.6) is 0 Å². The van der Waals surface area contributed by atoms with E-state index in [4.69, 9.17) is 9.26 Å². The van der Waals surface area contributed by atoms with Gasteiger partial charge in [0.25, 0.3) is 5.91 Å². The van der Waals surface area contributed by atoms with Crippen LogP contribution in [0.15, 0.2) is 60.7 Å². The van der Waals surface area contributed by atoms with Crippen LogP contribution in [0.1, 0.15) is 43.7 Å². The van der Waals surface area contributed by atoms with Crippen molar-refractivity contribution in [1.82, 2.24) is 4.90 Å². The summed E-state index contributed by atoms with van der Waals surface area (Å²) in [7, 11) is -3.92. The molecule has 1 fully saturated rings. The number of benzene rings is 2. The Hall–Kier alpha value is -2.47. The predicted molar refractivity (Wildman–Crippen MR) is 126 cm³/mol. The molecule has 1 N–H and O–H groups in total. The number of unbranched alkanes of at least 4 members (excludes halogenated alkanes) is 1. The van der Waals surface area contributed by atoms with Gasteiger partial charge in [-0.05, 0) is 50.2 Å². The van der Waals surface area contributed by atoms with E-state index in [1.165, 1.54) is 17.4 Å². The third kappa shape index (κ3) is 7.81. The minimum atomic E-state index is -3.92. The zero-order valence-electron chi connectivity index (χ0n) is 19.0. The first-order valence-electron chi connectivity index (χ1n) is 11.4. The molecular weight excluding hydrogens is 441 g/mol. The molecule has 1 heterocycles. The van der Waals surface area contributed by atoms with Crippen molar-refractivity contribution in [3.05, 3.63) is 71.8 Å². The number of carbonyl (C=O) groups excluding carboxylic acids is 2. The van der Waals surface area contributed by atoms with Gasteiger partial charge in [-0.1, -0.05) is 60.7 Å². The maximum absolute atomic E-state index is 12.9. The normalized spacial score (nSPS) is 18.5. The summed E-state index contributed by atoms with van der Waals surface area (Å²) in [5.41, 5.74) is 2.04. The third-order valence-electron chi connectivity index (χ3n) is 5.70. The van der Waals surface area contributed by atoms with Gasteiger partial charge in [-0.25, -0.2) is 4.79 Å². The van der Waals surface area contributed by atoms with E-state index in [1.54, 1.807) is 0 Å². The topological polar surface area (TPSA) is 93.1 Å². The molecule has 33 heavy (non-hydrogen) atoms. The van der Waals surface area contributed by atoms with Gasteiger partial charge >= 0.3 is 13.6 Å². The van der Waals surface area contributed by atoms with Gasteiger partial charge in [0.05, 0.1) is 6.16 Å². The molecule has 1 aliphatic heterocycles. The molecule has 0 saturated carbocycles. The number of nitrogens with zero attached hydrogens (tertiary/aromatic N) is 1. The SMILES string of the molecule is C[C@H](OP(=O)(O)CCCCc1ccccc1)C(=O)N1CCC[C@H]1C(=O)OCc1ccccc1. The Morgan fingerprint density at radius 3 is 2.36 bits per heavy atom. The van der Waals surface area contributed by atoms with Gasteiger partial charge in [0.2, 0.25) is 0 Å². The minimum absolute atomic E-state index is 0.0139. The monoisotopic (exact) mass is 473 g/mol. The van der Waals surface area contributed by atoms with Crippen molar-refractivity contribution in [2.24, 2.45) is 0 Å². The van der Waals surface area contributed by atoms with Gasteiger partial charge < -0.3 is 14.5 Å². The molecule has 0 bridgehead atoms. The van der Waals surface area contributed by atoms with Crippen molar-refractivity contribution in [3.63, 3.8) is 0 Å². The molecule has 1 amide bonds. The minimum Gasteiger partial charge on any atom is -0.459 e. The lowest BCUT2D eigenvalue weighted by atomic mass is 10.1. The number of ether oxygens (including phenoxy) is 1. The highest BCUT2D eigenvalue weighted by atomic mass is 31.2. The molecule has 1 unspecified atom stereocenters. The molecule has 0 aliphatic carbocycles. The van der Waals surface area contributed by atoms with Crippen LogP contribution in [0.4, 0.5) is 0 Å². The zero-order valence-corrected chi connectivity index (χ0v) is 19.9. The maximum atomic E-state index is 12.9. The van der Waals surface area contributed by atoms with Crippen LogP contribution in [-0.4, -0.2) is 46.5 Å². The van der Waals surface area contributed by atoms with Gasteiger partial charge in [-0.2, -0.15) is 0 Å². The molecule has 0 radical (unpaired) electrons. The van der Waals surface area contributed by atoms with E-state index in [0.29, 0.717) is 25.8 Å². The fourth-order valence-corrected chi connectivity index (χ4v) is 5.28. The molecule has 2 aromatic carbocycles. The molecule has 7 nitrogen and oxygen atoms in total. The van der Waals surface area contributed by atoms with E-state index >= 15 is 0 Å². The van der Waals surface area contributed by atoms with E-state index in [0.717, 1.165) is 18.4 Å². The summed E-state index contributed by atoms with van der Waals surface area (Å²) in [4.78, 5) is 37.1. The average molecular weight is 474 g/mol. The number of likely N-dealkylation sites (tertiary alicyclic amines) is 1. The number of esters is 1. The predicted octanol–water partition coefficient (Wildman–Crippen LogP) is 4.33. The second kappa shape index (κ2) is 12.1. The van der Waals surface area contributed by atoms with Crippen molar-refractivity contribution in [1.29, 1.82) is 0 Å². The van der Waals surface area contributed by atoms with E-state index in [-0.39, 0.29) is 12.8 Å². The Kier molecular flexibility index (Phi) is 9.24. The Morgan fingerprint density at radius 1 is 1.06 bits per heavy atom. The van der Waals surface area contributed by atoms with Crippen LogP contribution in [0, 0.1) is 0 Å². The second-order valence-electron chi connectivity index (χ2n) is 8.33. The first kappa shape index (κ1) is 25.2. The molecule has 0 aromatic heterocycles. The molecule has 1 saturated heterocycles. The highest BCUT2D eigenvalue weighted by molar-refractivity contribution is 7.52. The smallest absolute Gasteiger partial charge is 0.329 e. The summed E-state index contributed by atoms with van der Waals surface area (Å²) in [6.45, 7) is 1.99. The van der Waals surface area contributed by atoms with Crippen LogP contribution in [0.2, 0.25) is 0 Å². The quantitative estimate of drug-likeness (QED) is 0.297. The van der Waals surface area contributed by atoms with Crippen LogP contribution in [-0.2, 0) is 36.4 Å². The summed E-state index contributed by atoms with van der Waals surface area (Å²) in [6.07, 6.45) is 2.12. The third-order valence-corrected chi connectivity index (χ3v) is 7.23. The number of amides is 1. The van der Waals surface area contributed by atoms with Crippen LogP contribution >= 0.6 is 7.60 Å². The summed E-state index contributed by atoms with van der Waals surface area (Å²) < 4.78 is 23.2. The van der Waals surface area contributed by atoms with Crippen molar-refractivity contribution < 1.29 is 28.3 Å². The molecule has 178 valence electrons. The van der Waals surface area contributed by atoms with E-state index in [1.807, 2.05) is 60.7 Å². The highest BCUT2D eigenvalue weighted by Crippen LogP contribution is 2.44. The van der Waals surface area contributed by atoms with E-state index in [2.05, 4.69) is 0 Å². The van der Waals surface area contributed by atoms with Gasteiger partial charge in [-0.3, -0.25) is 13.9 Å².